The summed E-state index contributed by atoms with van der Waals surface area (Å²) in [6.07, 6.45) is 21.2. The van der Waals surface area contributed by atoms with E-state index in [1.807, 2.05) is 0 Å². The van der Waals surface area contributed by atoms with Gasteiger partial charge < -0.3 is 34.3 Å². The molecule has 0 bridgehead atoms. The zero-order valence-corrected chi connectivity index (χ0v) is 33.7. The van der Waals surface area contributed by atoms with Gasteiger partial charge in [0.15, 0.2) is 12.4 Å². The molecule has 4 N–H and O–H groups in total. The van der Waals surface area contributed by atoms with Crippen molar-refractivity contribution in [2.45, 2.75) is 211 Å². The molecule has 0 spiro atoms. The van der Waals surface area contributed by atoms with Gasteiger partial charge in [0.25, 0.3) is 10.1 Å². The molecular weight excluding hydrogens is 704 g/mol. The van der Waals surface area contributed by atoms with Gasteiger partial charge in [0.2, 0.25) is 0 Å². The van der Waals surface area contributed by atoms with Crippen molar-refractivity contribution in [3.63, 3.8) is 0 Å². The molecule has 12 nitrogen and oxygen atoms in total. The molecule has 0 aromatic heterocycles. The van der Waals surface area contributed by atoms with Gasteiger partial charge in [-0.1, -0.05) is 135 Å². The first-order valence-electron chi connectivity index (χ1n) is 20.7. The van der Waals surface area contributed by atoms with E-state index in [0.29, 0.717) is 12.8 Å². The number of aliphatic hydroxyl groups is 3. The van der Waals surface area contributed by atoms with Gasteiger partial charge in [-0.3, -0.25) is 14.1 Å². The van der Waals surface area contributed by atoms with E-state index in [1.165, 1.54) is 77.0 Å². The van der Waals surface area contributed by atoms with Crippen LogP contribution >= 0.6 is 0 Å². The predicted molar refractivity (Wildman–Crippen MR) is 206 cm³/mol. The summed E-state index contributed by atoms with van der Waals surface area (Å²) in [6.45, 7) is 3.72. The molecule has 1 fully saturated rings. The average Bonchev–Trinajstić information content (AvgIpc) is 3.12. The first kappa shape index (κ1) is 49.4. The number of hydrogen-bond donors (Lipinski definition) is 4. The SMILES string of the molecule is CCCCCC/C=C/CCCCCCCC(=O)O[C@H](COC(=O)CCCCCCCCCCCCCC)CO[C@H]1O[C@H](CS(=O)(=O)O)[C@@H](O)C(O)C1O. The van der Waals surface area contributed by atoms with E-state index < -0.39 is 71.2 Å². The van der Waals surface area contributed by atoms with Gasteiger partial charge in [-0.15, -0.1) is 0 Å². The van der Waals surface area contributed by atoms with Crippen LogP contribution in [-0.4, -0.2) is 96.0 Å². The van der Waals surface area contributed by atoms with Crippen LogP contribution in [0.3, 0.4) is 0 Å². The Morgan fingerprint density at radius 2 is 1.08 bits per heavy atom. The number of esters is 2. The Labute approximate surface area is 320 Å². The Balaban J connectivity index is 2.50. The maximum atomic E-state index is 12.7. The lowest BCUT2D eigenvalue weighted by atomic mass is 10.00. The fraction of sp³-hybridized carbons (Fsp3) is 0.900. The standard InChI is InChI=1S/C40H74O12S/c1-3-5-7-9-11-13-15-17-19-21-23-25-27-29-36(42)51-33(31-50-40-39(45)38(44)37(43)34(52-40)32-53(46,47)48)30-49-35(41)28-26-24-22-20-18-16-14-12-10-8-6-4-2/h13,15,33-34,37-40,43-45H,3-12,14,16-32H2,1-2H3,(H,46,47,48)/b15-13+/t33-,34-,37-,38?,39?,40+/m1/s1. The van der Waals surface area contributed by atoms with Crippen LogP contribution in [0, 0.1) is 0 Å². The van der Waals surface area contributed by atoms with Crippen LogP contribution < -0.4 is 0 Å². The highest BCUT2D eigenvalue weighted by Gasteiger charge is 2.46. The van der Waals surface area contributed by atoms with Crippen molar-refractivity contribution >= 4 is 22.1 Å². The van der Waals surface area contributed by atoms with Crippen LogP contribution in [0.5, 0.6) is 0 Å². The lowest BCUT2D eigenvalue weighted by Crippen LogP contribution is -2.60. The van der Waals surface area contributed by atoms with Gasteiger partial charge in [-0.05, 0) is 38.5 Å². The first-order chi connectivity index (χ1) is 25.5. The number of aliphatic hydroxyl groups excluding tert-OH is 3. The van der Waals surface area contributed by atoms with Crippen LogP contribution in [0.2, 0.25) is 0 Å². The number of ether oxygens (including phenoxy) is 4. The number of carbonyl (C=O) groups excluding carboxylic acids is 2. The molecule has 0 radical (unpaired) electrons. The van der Waals surface area contributed by atoms with E-state index in [1.54, 1.807) is 0 Å². The third-order valence-electron chi connectivity index (χ3n) is 9.60. The largest absolute Gasteiger partial charge is 0.462 e. The number of rotatable bonds is 34. The minimum atomic E-state index is -4.59. The summed E-state index contributed by atoms with van der Waals surface area (Å²) in [7, 11) is -4.59. The summed E-state index contributed by atoms with van der Waals surface area (Å²) in [5.74, 6) is -1.99. The summed E-state index contributed by atoms with van der Waals surface area (Å²) in [5, 5.41) is 30.8. The van der Waals surface area contributed by atoms with Crippen LogP contribution in [0.15, 0.2) is 12.2 Å². The summed E-state index contributed by atoms with van der Waals surface area (Å²) >= 11 is 0. The molecular formula is C40H74O12S. The molecule has 1 rings (SSSR count). The van der Waals surface area contributed by atoms with E-state index >= 15 is 0 Å². The number of unbranched alkanes of at least 4 members (excludes halogenated alkanes) is 20. The Hall–Kier alpha value is -1.61. The highest BCUT2D eigenvalue weighted by molar-refractivity contribution is 7.85. The van der Waals surface area contributed by atoms with Crippen molar-refractivity contribution in [2.24, 2.45) is 0 Å². The molecule has 6 atom stereocenters. The van der Waals surface area contributed by atoms with Crippen LogP contribution in [0.25, 0.3) is 0 Å². The molecule has 1 saturated heterocycles. The molecule has 0 aliphatic carbocycles. The minimum Gasteiger partial charge on any atom is -0.462 e. The normalized spacial score (nSPS) is 21.2. The van der Waals surface area contributed by atoms with Crippen LogP contribution in [0.4, 0.5) is 0 Å². The molecule has 2 unspecified atom stereocenters. The van der Waals surface area contributed by atoms with Gasteiger partial charge in [0.1, 0.15) is 36.8 Å². The van der Waals surface area contributed by atoms with E-state index in [4.69, 9.17) is 18.9 Å². The summed E-state index contributed by atoms with van der Waals surface area (Å²) in [5.41, 5.74) is 0. The second kappa shape index (κ2) is 31.6. The van der Waals surface area contributed by atoms with Crippen molar-refractivity contribution in [1.29, 1.82) is 0 Å². The van der Waals surface area contributed by atoms with Gasteiger partial charge >= 0.3 is 11.9 Å². The second-order valence-corrected chi connectivity index (χ2v) is 16.2. The zero-order chi connectivity index (χ0) is 39.2. The van der Waals surface area contributed by atoms with E-state index in [0.717, 1.165) is 57.8 Å². The van der Waals surface area contributed by atoms with Crippen LogP contribution in [-0.2, 0) is 38.7 Å². The molecule has 1 aliphatic heterocycles. The zero-order valence-electron chi connectivity index (χ0n) is 32.9. The van der Waals surface area contributed by atoms with Gasteiger partial charge in [-0.2, -0.15) is 8.42 Å². The Bertz CT molecular complexity index is 1050. The van der Waals surface area contributed by atoms with Gasteiger partial charge in [0.05, 0.1) is 6.61 Å². The lowest BCUT2D eigenvalue weighted by molar-refractivity contribution is -0.297. The summed E-state index contributed by atoms with van der Waals surface area (Å²) in [4.78, 5) is 25.3. The van der Waals surface area contributed by atoms with E-state index in [9.17, 15) is 37.9 Å². The van der Waals surface area contributed by atoms with Gasteiger partial charge in [-0.25, -0.2) is 0 Å². The summed E-state index contributed by atoms with van der Waals surface area (Å²) < 4.78 is 53.9. The van der Waals surface area contributed by atoms with Crippen molar-refractivity contribution in [1.82, 2.24) is 0 Å². The third-order valence-corrected chi connectivity index (χ3v) is 10.3. The Morgan fingerprint density at radius 3 is 1.58 bits per heavy atom. The molecule has 1 aliphatic rings. The molecule has 1 heterocycles. The van der Waals surface area contributed by atoms with Gasteiger partial charge in [0, 0.05) is 12.8 Å². The molecule has 312 valence electrons. The average molecular weight is 779 g/mol. The highest BCUT2D eigenvalue weighted by Crippen LogP contribution is 2.24. The molecule has 0 saturated carbocycles. The Kier molecular flexibility index (Phi) is 29.4. The van der Waals surface area contributed by atoms with Crippen molar-refractivity contribution in [3.8, 4) is 0 Å². The van der Waals surface area contributed by atoms with E-state index in [2.05, 4.69) is 26.0 Å². The van der Waals surface area contributed by atoms with Crippen LogP contribution in [0.1, 0.15) is 174 Å². The molecule has 13 heteroatoms. The fourth-order valence-corrected chi connectivity index (χ4v) is 7.01. The lowest BCUT2D eigenvalue weighted by Gasteiger charge is -2.40. The highest BCUT2D eigenvalue weighted by atomic mass is 32.2. The molecule has 0 aromatic carbocycles. The van der Waals surface area contributed by atoms with Crippen molar-refractivity contribution in [2.75, 3.05) is 19.0 Å². The molecule has 0 aromatic rings. The quantitative estimate of drug-likeness (QED) is 0.0219. The topological polar surface area (TPSA) is 186 Å². The van der Waals surface area contributed by atoms with Crippen molar-refractivity contribution < 1.29 is 56.8 Å². The number of carbonyl (C=O) groups is 2. The molecule has 0 amide bonds. The smallest absolute Gasteiger partial charge is 0.306 e. The number of allylic oxidation sites excluding steroid dienone is 2. The number of hydrogen-bond acceptors (Lipinski definition) is 11. The summed E-state index contributed by atoms with van der Waals surface area (Å²) in [6, 6.07) is 0. The maximum Gasteiger partial charge on any atom is 0.306 e. The Morgan fingerprint density at radius 1 is 0.623 bits per heavy atom. The minimum absolute atomic E-state index is 0.158. The first-order valence-corrected chi connectivity index (χ1v) is 22.4. The third kappa shape index (κ3) is 26.8. The van der Waals surface area contributed by atoms with E-state index in [-0.39, 0.29) is 19.4 Å². The maximum absolute atomic E-state index is 12.7. The monoisotopic (exact) mass is 778 g/mol. The molecule has 53 heavy (non-hydrogen) atoms. The predicted octanol–water partition coefficient (Wildman–Crippen LogP) is 7.50. The van der Waals surface area contributed by atoms with Crippen molar-refractivity contribution in [3.05, 3.63) is 12.2 Å². The second-order valence-electron chi connectivity index (χ2n) is 14.7. The fourth-order valence-electron chi connectivity index (χ4n) is 6.32.